The van der Waals surface area contributed by atoms with Crippen LogP contribution in [0.1, 0.15) is 22.3 Å². The van der Waals surface area contributed by atoms with Gasteiger partial charge in [0.05, 0.1) is 9.85 Å². The third-order valence-electron chi connectivity index (χ3n) is 3.67. The van der Waals surface area contributed by atoms with Gasteiger partial charge in [-0.2, -0.15) is 0 Å². The summed E-state index contributed by atoms with van der Waals surface area (Å²) in [7, 11) is 0. The average molecular weight is 318 g/mol. The zero-order chi connectivity index (χ0) is 17.3. The summed E-state index contributed by atoms with van der Waals surface area (Å²) >= 11 is 0. The lowest BCUT2D eigenvalue weighted by Gasteiger charge is -2.11. The number of rotatable bonds is 4. The van der Waals surface area contributed by atoms with E-state index in [9.17, 15) is 30.4 Å². The maximum atomic E-state index is 10.9. The van der Waals surface area contributed by atoms with E-state index >= 15 is 0 Å². The minimum Gasteiger partial charge on any atom is -0.507 e. The molecule has 2 N–H and O–H groups in total. The molecule has 0 bridgehead atoms. The predicted molar refractivity (Wildman–Crippen MR) is 81.8 cm³/mol. The molecule has 0 saturated heterocycles. The number of aryl methyl sites for hydroxylation is 1. The molecule has 8 nitrogen and oxygen atoms in total. The van der Waals surface area contributed by atoms with Gasteiger partial charge in [-0.1, -0.05) is 6.07 Å². The molecule has 0 fully saturated rings. The molecule has 0 saturated carbocycles. The van der Waals surface area contributed by atoms with Crippen LogP contribution in [0.3, 0.4) is 0 Å². The predicted octanol–water partition coefficient (Wildman–Crippen LogP) is 3.12. The van der Waals surface area contributed by atoms with Gasteiger partial charge in [0.2, 0.25) is 0 Å². The molecule has 0 aliphatic rings. The molecule has 0 unspecified atom stereocenters. The Hall–Kier alpha value is -3.16. The van der Waals surface area contributed by atoms with E-state index < -0.39 is 21.3 Å². The lowest BCUT2D eigenvalue weighted by Crippen LogP contribution is -1.98. The summed E-state index contributed by atoms with van der Waals surface area (Å²) in [5.74, 6) is -0.526. The monoisotopic (exact) mass is 318 g/mol. The first-order valence-corrected chi connectivity index (χ1v) is 6.65. The maximum Gasteiger partial charge on any atom is 0.310 e. The average Bonchev–Trinajstić information content (AvgIpc) is 2.47. The fraction of sp³-hybridized carbons (Fsp3) is 0.200. The second-order valence-electron chi connectivity index (χ2n) is 5.18. The molecule has 120 valence electrons. The quantitative estimate of drug-likeness (QED) is 0.658. The Morgan fingerprint density at radius 1 is 0.957 bits per heavy atom. The molecule has 23 heavy (non-hydrogen) atoms. The number of nitro benzene ring substituents is 2. The highest BCUT2D eigenvalue weighted by molar-refractivity contribution is 5.56. The van der Waals surface area contributed by atoms with E-state index in [0.29, 0.717) is 22.3 Å². The van der Waals surface area contributed by atoms with Crippen LogP contribution in [0, 0.1) is 34.1 Å². The first-order chi connectivity index (χ1) is 10.7. The van der Waals surface area contributed by atoms with Crippen molar-refractivity contribution in [1.29, 1.82) is 0 Å². The summed E-state index contributed by atoms with van der Waals surface area (Å²) in [4.78, 5) is 20.5. The van der Waals surface area contributed by atoms with Gasteiger partial charge in [-0.3, -0.25) is 20.2 Å². The topological polar surface area (TPSA) is 127 Å². The Balaban J connectivity index is 2.50. The molecular weight excluding hydrogens is 304 g/mol. The lowest BCUT2D eigenvalue weighted by molar-refractivity contribution is -0.386. The van der Waals surface area contributed by atoms with Gasteiger partial charge in [-0.25, -0.2) is 0 Å². The number of aromatic hydroxyl groups is 2. The van der Waals surface area contributed by atoms with Crippen LogP contribution >= 0.6 is 0 Å². The third kappa shape index (κ3) is 3.05. The van der Waals surface area contributed by atoms with Gasteiger partial charge in [0.25, 0.3) is 5.69 Å². The van der Waals surface area contributed by atoms with Crippen molar-refractivity contribution in [1.82, 2.24) is 0 Å². The first kappa shape index (κ1) is 16.2. The summed E-state index contributed by atoms with van der Waals surface area (Å²) in [5, 5.41) is 41.7. The van der Waals surface area contributed by atoms with E-state index in [4.69, 9.17) is 0 Å². The summed E-state index contributed by atoms with van der Waals surface area (Å²) in [6.45, 7) is 3.06. The summed E-state index contributed by atoms with van der Waals surface area (Å²) < 4.78 is 0. The molecule has 0 aliphatic heterocycles. The first-order valence-electron chi connectivity index (χ1n) is 6.65. The van der Waals surface area contributed by atoms with Crippen LogP contribution < -0.4 is 0 Å². The number of nitro groups is 2. The fourth-order valence-corrected chi connectivity index (χ4v) is 2.34. The second-order valence-corrected chi connectivity index (χ2v) is 5.18. The van der Waals surface area contributed by atoms with E-state index in [1.165, 1.54) is 31.2 Å². The Morgan fingerprint density at radius 2 is 1.61 bits per heavy atom. The molecule has 0 atom stereocenters. The SMILES string of the molecule is Cc1cc([N+](=O)[O-])cc(Cc2ccc([N+](=O)[O-])c(O)c2C)c1O. The minimum atomic E-state index is -0.693. The molecule has 2 aromatic rings. The van der Waals surface area contributed by atoms with Gasteiger partial charge in [-0.05, 0) is 25.0 Å². The number of phenolic OH excluding ortho intramolecular Hbond substituents is 2. The number of hydrogen-bond acceptors (Lipinski definition) is 6. The Labute approximate surface area is 130 Å². The van der Waals surface area contributed by atoms with Crippen LogP contribution in [0.5, 0.6) is 11.5 Å². The highest BCUT2D eigenvalue weighted by Gasteiger charge is 2.20. The zero-order valence-corrected chi connectivity index (χ0v) is 12.4. The molecule has 8 heteroatoms. The van der Waals surface area contributed by atoms with Crippen LogP contribution in [-0.2, 0) is 6.42 Å². The molecule has 2 rings (SSSR count). The molecule has 0 aromatic heterocycles. The van der Waals surface area contributed by atoms with E-state index in [1.807, 2.05) is 0 Å². The molecular formula is C15H14N2O6. The molecule has 0 aliphatic carbocycles. The van der Waals surface area contributed by atoms with Crippen molar-refractivity contribution in [2.45, 2.75) is 20.3 Å². The van der Waals surface area contributed by atoms with Crippen molar-refractivity contribution < 1.29 is 20.1 Å². The maximum absolute atomic E-state index is 10.9. The third-order valence-corrected chi connectivity index (χ3v) is 3.67. The van der Waals surface area contributed by atoms with Crippen molar-refractivity contribution in [3.63, 3.8) is 0 Å². The van der Waals surface area contributed by atoms with Gasteiger partial charge in [0.1, 0.15) is 5.75 Å². The van der Waals surface area contributed by atoms with Crippen LogP contribution in [-0.4, -0.2) is 20.1 Å². The molecule has 0 heterocycles. The molecule has 0 spiro atoms. The van der Waals surface area contributed by atoms with Crippen LogP contribution in [0.2, 0.25) is 0 Å². The van der Waals surface area contributed by atoms with Crippen LogP contribution in [0.25, 0.3) is 0 Å². The van der Waals surface area contributed by atoms with E-state index in [2.05, 4.69) is 0 Å². The fourth-order valence-electron chi connectivity index (χ4n) is 2.34. The van der Waals surface area contributed by atoms with Gasteiger partial charge in [0.15, 0.2) is 5.75 Å². The summed E-state index contributed by atoms with van der Waals surface area (Å²) in [6.07, 6.45) is 0.103. The normalized spacial score (nSPS) is 10.5. The zero-order valence-electron chi connectivity index (χ0n) is 12.4. The van der Waals surface area contributed by atoms with Crippen molar-refractivity contribution >= 4 is 11.4 Å². The van der Waals surface area contributed by atoms with Gasteiger partial charge in [-0.15, -0.1) is 0 Å². The largest absolute Gasteiger partial charge is 0.507 e. The Kier molecular flexibility index (Phi) is 4.17. The van der Waals surface area contributed by atoms with Crippen molar-refractivity contribution in [3.05, 3.63) is 66.7 Å². The Morgan fingerprint density at radius 3 is 2.17 bits per heavy atom. The number of non-ortho nitro benzene ring substituents is 1. The van der Waals surface area contributed by atoms with Crippen LogP contribution in [0.15, 0.2) is 24.3 Å². The summed E-state index contributed by atoms with van der Waals surface area (Å²) in [6, 6.07) is 5.14. The van der Waals surface area contributed by atoms with Gasteiger partial charge < -0.3 is 10.2 Å². The smallest absolute Gasteiger partial charge is 0.310 e. The van der Waals surface area contributed by atoms with E-state index in [1.54, 1.807) is 6.92 Å². The van der Waals surface area contributed by atoms with E-state index in [0.717, 1.165) is 0 Å². The number of hydrogen-bond donors (Lipinski definition) is 2. The highest BCUT2D eigenvalue weighted by Crippen LogP contribution is 2.35. The van der Waals surface area contributed by atoms with Crippen LogP contribution in [0.4, 0.5) is 11.4 Å². The number of phenols is 2. The molecule has 0 radical (unpaired) electrons. The second kappa shape index (κ2) is 5.91. The highest BCUT2D eigenvalue weighted by atomic mass is 16.6. The number of nitrogens with zero attached hydrogens (tertiary/aromatic N) is 2. The lowest BCUT2D eigenvalue weighted by atomic mass is 9.97. The number of benzene rings is 2. The summed E-state index contributed by atoms with van der Waals surface area (Å²) in [5.41, 5.74) is 0.932. The molecule has 0 amide bonds. The van der Waals surface area contributed by atoms with E-state index in [-0.39, 0.29) is 17.9 Å². The van der Waals surface area contributed by atoms with Crippen molar-refractivity contribution in [3.8, 4) is 11.5 Å². The standard InChI is InChI=1S/C15H14N2O6/c1-8-5-12(16(20)21)7-11(14(8)18)6-10-3-4-13(17(22)23)15(19)9(10)2/h3-5,7,18-19H,6H2,1-2H3. The molecule has 2 aromatic carbocycles. The Bertz CT molecular complexity index is 816. The van der Waals surface area contributed by atoms with Gasteiger partial charge in [0, 0.05) is 35.7 Å². The van der Waals surface area contributed by atoms with Crippen molar-refractivity contribution in [2.24, 2.45) is 0 Å². The van der Waals surface area contributed by atoms with Gasteiger partial charge >= 0.3 is 5.69 Å². The van der Waals surface area contributed by atoms with Crippen molar-refractivity contribution in [2.75, 3.05) is 0 Å². The minimum absolute atomic E-state index is 0.0761.